The second-order valence-electron chi connectivity index (χ2n) is 9.15. The lowest BCUT2D eigenvalue weighted by Gasteiger charge is -2.39. The molecule has 0 bridgehead atoms. The molecule has 0 saturated carbocycles. The van der Waals surface area contributed by atoms with Crippen LogP contribution < -0.4 is 4.74 Å². The Morgan fingerprint density at radius 2 is 1.48 bits per heavy atom. The van der Waals surface area contributed by atoms with Crippen molar-refractivity contribution in [1.82, 2.24) is 0 Å². The van der Waals surface area contributed by atoms with Gasteiger partial charge >= 0.3 is 0 Å². The Kier molecular flexibility index (Phi) is 7.99. The predicted octanol–water partition coefficient (Wildman–Crippen LogP) is 7.04. The van der Waals surface area contributed by atoms with Gasteiger partial charge in [-0.25, -0.2) is 0 Å². The molecule has 1 aromatic carbocycles. The van der Waals surface area contributed by atoms with E-state index in [1.807, 2.05) is 0 Å². The van der Waals surface area contributed by atoms with Gasteiger partial charge in [0.05, 0.1) is 0 Å². The first-order valence-electron chi connectivity index (χ1n) is 9.85. The van der Waals surface area contributed by atoms with Crippen LogP contribution in [0.15, 0.2) is 24.3 Å². The summed E-state index contributed by atoms with van der Waals surface area (Å²) in [6, 6.07) is 8.69. The number of ether oxygens (including phenoxy) is 2. The maximum Gasteiger partial charge on any atom is 0.201 e. The molecule has 0 amide bonds. The monoisotopic (exact) mass is 348 g/mol. The third-order valence-electron chi connectivity index (χ3n) is 5.88. The molecule has 0 N–H and O–H groups in total. The average molecular weight is 349 g/mol. The number of hydrogen-bond acceptors (Lipinski definition) is 2. The molecule has 144 valence electrons. The quantitative estimate of drug-likeness (QED) is 0.422. The number of methoxy groups -OCH3 is 1. The molecule has 0 heterocycles. The van der Waals surface area contributed by atoms with Crippen molar-refractivity contribution in [1.29, 1.82) is 0 Å². The summed E-state index contributed by atoms with van der Waals surface area (Å²) < 4.78 is 11.4. The largest absolute Gasteiger partial charge is 0.465 e. The van der Waals surface area contributed by atoms with E-state index in [4.69, 9.17) is 9.47 Å². The topological polar surface area (TPSA) is 18.5 Å². The summed E-state index contributed by atoms with van der Waals surface area (Å²) in [6.45, 7) is 18.4. The lowest BCUT2D eigenvalue weighted by molar-refractivity contribution is -0.0833. The van der Waals surface area contributed by atoms with Gasteiger partial charge < -0.3 is 9.47 Å². The van der Waals surface area contributed by atoms with E-state index in [0.29, 0.717) is 17.3 Å². The zero-order chi connectivity index (χ0) is 19.3. The molecule has 0 spiro atoms. The van der Waals surface area contributed by atoms with Gasteiger partial charge in [0.1, 0.15) is 5.75 Å². The van der Waals surface area contributed by atoms with Gasteiger partial charge in [-0.15, -0.1) is 0 Å². The van der Waals surface area contributed by atoms with Crippen LogP contribution >= 0.6 is 0 Å². The molecular weight excluding hydrogens is 308 g/mol. The standard InChI is InChI=1S/C23H40O2/c1-10-22(5,6)16-20(23(7,8)11-2)18-12-14-19(15-13-18)25-21(24-9)17(3)4/h12-15,17,20-21H,10-11,16H2,1-9H3. The van der Waals surface area contributed by atoms with Crippen LogP contribution in [0.3, 0.4) is 0 Å². The molecule has 25 heavy (non-hydrogen) atoms. The van der Waals surface area contributed by atoms with Gasteiger partial charge in [-0.1, -0.05) is 80.4 Å². The Labute approximate surface area is 156 Å². The second kappa shape index (κ2) is 9.07. The van der Waals surface area contributed by atoms with E-state index in [0.717, 1.165) is 5.75 Å². The molecule has 0 aromatic heterocycles. The lowest BCUT2D eigenvalue weighted by Crippen LogP contribution is -2.27. The normalized spacial score (nSPS) is 15.3. The maximum absolute atomic E-state index is 5.97. The predicted molar refractivity (Wildman–Crippen MR) is 108 cm³/mol. The van der Waals surface area contributed by atoms with E-state index in [1.54, 1.807) is 7.11 Å². The fourth-order valence-corrected chi connectivity index (χ4v) is 3.16. The van der Waals surface area contributed by atoms with Crippen molar-refractivity contribution in [3.05, 3.63) is 29.8 Å². The molecule has 1 aromatic rings. The van der Waals surface area contributed by atoms with Crippen molar-refractivity contribution in [3.63, 3.8) is 0 Å². The van der Waals surface area contributed by atoms with Gasteiger partial charge in [0, 0.05) is 13.0 Å². The molecule has 2 heteroatoms. The zero-order valence-electron chi connectivity index (χ0n) is 18.0. The van der Waals surface area contributed by atoms with Crippen LogP contribution in [0.25, 0.3) is 0 Å². The van der Waals surface area contributed by atoms with E-state index in [2.05, 4.69) is 79.7 Å². The third kappa shape index (κ3) is 6.33. The average Bonchev–Trinajstić information content (AvgIpc) is 2.58. The molecular formula is C23H40O2. The van der Waals surface area contributed by atoms with E-state index >= 15 is 0 Å². The highest BCUT2D eigenvalue weighted by atomic mass is 16.7. The summed E-state index contributed by atoms with van der Waals surface area (Å²) in [6.07, 6.45) is 3.38. The summed E-state index contributed by atoms with van der Waals surface area (Å²) in [5.41, 5.74) is 2.05. The summed E-state index contributed by atoms with van der Waals surface area (Å²) in [4.78, 5) is 0. The van der Waals surface area contributed by atoms with Crippen molar-refractivity contribution >= 4 is 0 Å². The highest BCUT2D eigenvalue weighted by Gasteiger charge is 2.33. The van der Waals surface area contributed by atoms with Crippen molar-refractivity contribution in [2.45, 2.75) is 86.9 Å². The van der Waals surface area contributed by atoms with Crippen molar-refractivity contribution < 1.29 is 9.47 Å². The Hall–Kier alpha value is -1.02. The maximum atomic E-state index is 5.97. The highest BCUT2D eigenvalue weighted by Crippen LogP contribution is 2.46. The fraction of sp³-hybridized carbons (Fsp3) is 0.739. The van der Waals surface area contributed by atoms with Crippen LogP contribution in [-0.4, -0.2) is 13.4 Å². The molecule has 2 unspecified atom stereocenters. The van der Waals surface area contributed by atoms with Crippen LogP contribution in [0.4, 0.5) is 0 Å². The van der Waals surface area contributed by atoms with E-state index in [9.17, 15) is 0 Å². The minimum absolute atomic E-state index is 0.201. The molecule has 0 aliphatic carbocycles. The van der Waals surface area contributed by atoms with Gasteiger partial charge in [-0.05, 0) is 40.9 Å². The van der Waals surface area contributed by atoms with Gasteiger partial charge in [0.25, 0.3) is 0 Å². The second-order valence-corrected chi connectivity index (χ2v) is 9.15. The van der Waals surface area contributed by atoms with E-state index < -0.39 is 0 Å². The molecule has 2 nitrogen and oxygen atoms in total. The summed E-state index contributed by atoms with van der Waals surface area (Å²) in [7, 11) is 1.70. The Balaban J connectivity index is 3.04. The molecule has 0 aliphatic heterocycles. The minimum atomic E-state index is -0.201. The zero-order valence-corrected chi connectivity index (χ0v) is 18.0. The fourth-order valence-electron chi connectivity index (χ4n) is 3.16. The van der Waals surface area contributed by atoms with Crippen molar-refractivity contribution in [3.8, 4) is 5.75 Å². The number of benzene rings is 1. The lowest BCUT2D eigenvalue weighted by atomic mass is 9.66. The van der Waals surface area contributed by atoms with Gasteiger partial charge in [0.15, 0.2) is 0 Å². The van der Waals surface area contributed by atoms with Gasteiger partial charge in [-0.3, -0.25) is 0 Å². The Bertz CT molecular complexity index is 499. The first-order chi connectivity index (χ1) is 11.6. The minimum Gasteiger partial charge on any atom is -0.465 e. The molecule has 0 radical (unpaired) electrons. The molecule has 0 saturated heterocycles. The number of rotatable bonds is 10. The third-order valence-corrected chi connectivity index (χ3v) is 5.88. The highest BCUT2D eigenvalue weighted by molar-refractivity contribution is 5.31. The Morgan fingerprint density at radius 3 is 1.88 bits per heavy atom. The molecule has 1 rings (SSSR count). The summed E-state index contributed by atoms with van der Waals surface area (Å²) >= 11 is 0. The van der Waals surface area contributed by atoms with E-state index in [1.165, 1.54) is 24.8 Å². The summed E-state index contributed by atoms with van der Waals surface area (Å²) in [5.74, 6) is 1.75. The smallest absolute Gasteiger partial charge is 0.201 e. The van der Waals surface area contributed by atoms with Crippen LogP contribution in [0.1, 0.15) is 86.1 Å². The molecule has 0 aliphatic rings. The molecule has 2 atom stereocenters. The van der Waals surface area contributed by atoms with Gasteiger partial charge in [-0.2, -0.15) is 0 Å². The van der Waals surface area contributed by atoms with Crippen LogP contribution in [0, 0.1) is 16.7 Å². The Morgan fingerprint density at radius 1 is 0.920 bits per heavy atom. The molecule has 0 fully saturated rings. The van der Waals surface area contributed by atoms with Crippen LogP contribution in [0.5, 0.6) is 5.75 Å². The first-order valence-corrected chi connectivity index (χ1v) is 9.85. The van der Waals surface area contributed by atoms with Crippen LogP contribution in [-0.2, 0) is 4.74 Å². The SMILES string of the molecule is CCC(C)(C)CC(c1ccc(OC(OC)C(C)C)cc1)C(C)(C)CC. The van der Waals surface area contributed by atoms with Crippen LogP contribution in [0.2, 0.25) is 0 Å². The van der Waals surface area contributed by atoms with Crippen molar-refractivity contribution in [2.75, 3.05) is 7.11 Å². The summed E-state index contributed by atoms with van der Waals surface area (Å²) in [5, 5.41) is 0. The number of hydrogen-bond donors (Lipinski definition) is 0. The first kappa shape index (κ1) is 22.0. The van der Waals surface area contributed by atoms with E-state index in [-0.39, 0.29) is 11.7 Å². The van der Waals surface area contributed by atoms with Gasteiger partial charge in [0.2, 0.25) is 6.29 Å². The van der Waals surface area contributed by atoms with Crippen molar-refractivity contribution in [2.24, 2.45) is 16.7 Å².